The molecule has 25 heavy (non-hydrogen) atoms. The third kappa shape index (κ3) is 5.54. The number of carbonyl (C=O) groups excluding carboxylic acids is 1. The molecule has 130 valence electrons. The number of carbonyl (C=O) groups is 1. The molecule has 4 nitrogen and oxygen atoms in total. The van der Waals surface area contributed by atoms with Crippen molar-refractivity contribution >= 4 is 11.6 Å². The average molecular weight is 335 g/mol. The van der Waals surface area contributed by atoms with Crippen molar-refractivity contribution in [2.45, 2.75) is 25.7 Å². The van der Waals surface area contributed by atoms with Crippen molar-refractivity contribution in [2.24, 2.45) is 5.10 Å². The summed E-state index contributed by atoms with van der Waals surface area (Å²) < 4.78 is 0. The molecule has 0 aliphatic carbocycles. The molecule has 0 unspecified atom stereocenters. The Morgan fingerprint density at radius 2 is 1.68 bits per heavy atom. The van der Waals surface area contributed by atoms with E-state index in [-0.39, 0.29) is 5.91 Å². The Kier molecular flexibility index (Phi) is 6.35. The molecule has 1 heterocycles. The van der Waals surface area contributed by atoms with E-state index in [1.54, 1.807) is 12.1 Å². The van der Waals surface area contributed by atoms with Crippen LogP contribution in [0.15, 0.2) is 65.8 Å². The van der Waals surface area contributed by atoms with Crippen molar-refractivity contribution < 1.29 is 4.79 Å². The highest BCUT2D eigenvalue weighted by Gasteiger charge is 2.13. The summed E-state index contributed by atoms with van der Waals surface area (Å²) in [5.74, 6) is -0.140. The fourth-order valence-corrected chi connectivity index (χ4v) is 3.08. The maximum absolute atomic E-state index is 12.1. The van der Waals surface area contributed by atoms with Gasteiger partial charge in [-0.2, -0.15) is 5.10 Å². The van der Waals surface area contributed by atoms with Gasteiger partial charge in [-0.15, -0.1) is 0 Å². The predicted octanol–water partition coefficient (Wildman–Crippen LogP) is 3.50. The maximum atomic E-state index is 12.1. The quantitative estimate of drug-likeness (QED) is 0.850. The van der Waals surface area contributed by atoms with Gasteiger partial charge < -0.3 is 4.90 Å². The van der Waals surface area contributed by atoms with E-state index in [2.05, 4.69) is 45.8 Å². The lowest BCUT2D eigenvalue weighted by atomic mass is 10.1. The average Bonchev–Trinajstić information content (AvgIpc) is 2.91. The summed E-state index contributed by atoms with van der Waals surface area (Å²) >= 11 is 0. The molecular formula is C21H25N3O. The molecule has 2 aromatic rings. The van der Waals surface area contributed by atoms with Crippen molar-refractivity contribution in [2.75, 3.05) is 19.6 Å². The fraction of sp³-hybridized carbons (Fsp3) is 0.333. The summed E-state index contributed by atoms with van der Waals surface area (Å²) in [5, 5.41) is 4.36. The van der Waals surface area contributed by atoms with Gasteiger partial charge in [-0.3, -0.25) is 4.79 Å². The zero-order valence-electron chi connectivity index (χ0n) is 14.5. The first-order valence-corrected chi connectivity index (χ1v) is 8.98. The first kappa shape index (κ1) is 17.4. The van der Waals surface area contributed by atoms with E-state index in [1.807, 2.05) is 18.2 Å². The van der Waals surface area contributed by atoms with Crippen molar-refractivity contribution in [3.05, 3.63) is 71.8 Å². The van der Waals surface area contributed by atoms with E-state index >= 15 is 0 Å². The Morgan fingerprint density at radius 3 is 2.44 bits per heavy atom. The number of hydrazone groups is 1. The summed E-state index contributed by atoms with van der Waals surface area (Å²) in [7, 11) is 0. The molecule has 0 radical (unpaired) electrons. The standard InChI is InChI=1S/C21H25N3O/c25-21(19-10-5-2-6-11-19)23-22-20-12-7-15-24(17-14-20)16-13-18-8-3-1-4-9-18/h1-6,8-11H,7,12-17H2,(H,23,25)/b22-20-. The highest BCUT2D eigenvalue weighted by Crippen LogP contribution is 2.10. The van der Waals surface area contributed by atoms with Crippen LogP contribution in [0, 0.1) is 0 Å². The molecule has 4 heteroatoms. The summed E-state index contributed by atoms with van der Waals surface area (Å²) in [6.07, 6.45) is 4.05. The van der Waals surface area contributed by atoms with E-state index in [0.29, 0.717) is 5.56 Å². The number of likely N-dealkylation sites (tertiary alicyclic amines) is 1. The van der Waals surface area contributed by atoms with Gasteiger partial charge in [0.1, 0.15) is 0 Å². The lowest BCUT2D eigenvalue weighted by molar-refractivity contribution is 0.0954. The monoisotopic (exact) mass is 335 g/mol. The molecule has 0 spiro atoms. The van der Waals surface area contributed by atoms with Crippen LogP contribution < -0.4 is 5.43 Å². The van der Waals surface area contributed by atoms with Gasteiger partial charge in [0.2, 0.25) is 0 Å². The van der Waals surface area contributed by atoms with Crippen molar-refractivity contribution in [3.63, 3.8) is 0 Å². The van der Waals surface area contributed by atoms with Crippen LogP contribution >= 0.6 is 0 Å². The third-order valence-electron chi connectivity index (χ3n) is 4.57. The lowest BCUT2D eigenvalue weighted by Crippen LogP contribution is -2.27. The van der Waals surface area contributed by atoms with Gasteiger partial charge in [-0.25, -0.2) is 5.43 Å². The Balaban J connectivity index is 1.47. The molecule has 1 saturated heterocycles. The van der Waals surface area contributed by atoms with E-state index in [0.717, 1.165) is 51.0 Å². The van der Waals surface area contributed by atoms with Crippen LogP contribution in [-0.4, -0.2) is 36.2 Å². The molecule has 0 atom stereocenters. The summed E-state index contributed by atoms with van der Waals surface area (Å²) in [6.45, 7) is 3.18. The number of nitrogens with one attached hydrogen (secondary N) is 1. The minimum atomic E-state index is -0.140. The third-order valence-corrected chi connectivity index (χ3v) is 4.57. The summed E-state index contributed by atoms with van der Waals surface area (Å²) in [4.78, 5) is 14.6. The van der Waals surface area contributed by atoms with Gasteiger partial charge in [0.15, 0.2) is 0 Å². The number of benzene rings is 2. The van der Waals surface area contributed by atoms with Crippen LogP contribution in [0.2, 0.25) is 0 Å². The van der Waals surface area contributed by atoms with Crippen LogP contribution in [0.1, 0.15) is 35.2 Å². The number of hydrogen-bond donors (Lipinski definition) is 1. The van der Waals surface area contributed by atoms with Crippen molar-refractivity contribution in [3.8, 4) is 0 Å². The molecule has 1 amide bonds. The molecule has 2 aromatic carbocycles. The van der Waals surface area contributed by atoms with Crippen LogP contribution in [0.3, 0.4) is 0 Å². The van der Waals surface area contributed by atoms with Crippen LogP contribution in [0.5, 0.6) is 0 Å². The first-order valence-electron chi connectivity index (χ1n) is 8.98. The highest BCUT2D eigenvalue weighted by atomic mass is 16.2. The molecule has 3 rings (SSSR count). The molecule has 1 fully saturated rings. The zero-order chi connectivity index (χ0) is 17.3. The number of amides is 1. The maximum Gasteiger partial charge on any atom is 0.271 e. The van der Waals surface area contributed by atoms with Gasteiger partial charge in [-0.05, 0) is 43.5 Å². The Hall–Kier alpha value is -2.46. The molecule has 1 aliphatic rings. The molecule has 0 bridgehead atoms. The summed E-state index contributed by atoms with van der Waals surface area (Å²) in [5.41, 5.74) is 5.82. The Labute approximate surface area is 149 Å². The van der Waals surface area contributed by atoms with Crippen LogP contribution in [0.4, 0.5) is 0 Å². The van der Waals surface area contributed by atoms with E-state index in [4.69, 9.17) is 0 Å². The number of nitrogens with zero attached hydrogens (tertiary/aromatic N) is 2. The smallest absolute Gasteiger partial charge is 0.271 e. The largest absolute Gasteiger partial charge is 0.303 e. The minimum Gasteiger partial charge on any atom is -0.303 e. The second kappa shape index (κ2) is 9.14. The second-order valence-corrected chi connectivity index (χ2v) is 6.42. The van der Waals surface area contributed by atoms with Gasteiger partial charge in [0.05, 0.1) is 0 Å². The van der Waals surface area contributed by atoms with Gasteiger partial charge >= 0.3 is 0 Å². The zero-order valence-corrected chi connectivity index (χ0v) is 14.5. The summed E-state index contributed by atoms with van der Waals surface area (Å²) in [6, 6.07) is 19.8. The fourth-order valence-electron chi connectivity index (χ4n) is 3.08. The first-order chi connectivity index (χ1) is 12.3. The predicted molar refractivity (Wildman–Crippen MR) is 102 cm³/mol. The van der Waals surface area contributed by atoms with Crippen molar-refractivity contribution in [1.29, 1.82) is 0 Å². The lowest BCUT2D eigenvalue weighted by Gasteiger charge is -2.19. The highest BCUT2D eigenvalue weighted by molar-refractivity contribution is 5.95. The van der Waals surface area contributed by atoms with E-state index in [1.165, 1.54) is 5.56 Å². The van der Waals surface area contributed by atoms with Crippen LogP contribution in [-0.2, 0) is 6.42 Å². The van der Waals surface area contributed by atoms with E-state index < -0.39 is 0 Å². The van der Waals surface area contributed by atoms with Crippen molar-refractivity contribution in [1.82, 2.24) is 10.3 Å². The van der Waals surface area contributed by atoms with Gasteiger partial charge in [0, 0.05) is 30.8 Å². The minimum absolute atomic E-state index is 0.140. The SMILES string of the molecule is O=C(N/N=C1/CCCN(CCc2ccccc2)CC1)c1ccccc1. The molecule has 1 N–H and O–H groups in total. The Bertz CT molecular complexity index is 698. The second-order valence-electron chi connectivity index (χ2n) is 6.42. The van der Waals surface area contributed by atoms with Crippen LogP contribution in [0.25, 0.3) is 0 Å². The molecular weight excluding hydrogens is 310 g/mol. The van der Waals surface area contributed by atoms with Gasteiger partial charge in [0.25, 0.3) is 5.91 Å². The van der Waals surface area contributed by atoms with Gasteiger partial charge in [-0.1, -0.05) is 48.5 Å². The molecule has 1 aliphatic heterocycles. The normalized spacial score (nSPS) is 17.2. The molecule has 0 aromatic heterocycles. The number of hydrogen-bond acceptors (Lipinski definition) is 3. The Morgan fingerprint density at radius 1 is 0.960 bits per heavy atom. The topological polar surface area (TPSA) is 44.7 Å². The molecule has 0 saturated carbocycles. The number of rotatable bonds is 5. The van der Waals surface area contributed by atoms with E-state index in [9.17, 15) is 4.79 Å².